The fourth-order valence-corrected chi connectivity index (χ4v) is 12.0. The van der Waals surface area contributed by atoms with E-state index in [1.165, 1.54) is 76.0 Å². The van der Waals surface area contributed by atoms with Gasteiger partial charge in [-0.25, -0.2) is 0 Å². The molecule has 2 aliphatic heterocycles. The van der Waals surface area contributed by atoms with Crippen LogP contribution in [-0.4, -0.2) is 6.71 Å². The number of para-hydroxylation sites is 2. The molecule has 2 nitrogen and oxygen atoms in total. The highest BCUT2D eigenvalue weighted by atomic mass is 32.1. The van der Waals surface area contributed by atoms with E-state index in [0.717, 1.165) is 28.4 Å². The first-order valence-corrected chi connectivity index (χ1v) is 20.1. The molecule has 56 heavy (non-hydrogen) atoms. The van der Waals surface area contributed by atoms with Crippen LogP contribution in [0.25, 0.3) is 32.3 Å². The van der Waals surface area contributed by atoms with Gasteiger partial charge in [0.05, 0.1) is 11.1 Å². The maximum Gasteiger partial charge on any atom is 0.264 e. The third-order valence-electron chi connectivity index (χ3n) is 12.8. The molecule has 0 saturated heterocycles. The summed E-state index contributed by atoms with van der Waals surface area (Å²) in [5.74, 6) is 0. The van der Waals surface area contributed by atoms with Crippen molar-refractivity contribution in [3.8, 4) is 22.3 Å². The highest BCUT2D eigenvalue weighted by molar-refractivity contribution is 7.33. The van der Waals surface area contributed by atoms with E-state index in [-0.39, 0.29) is 6.71 Å². The Hall–Kier alpha value is -6.62. The van der Waals surface area contributed by atoms with Crippen LogP contribution in [-0.2, 0) is 5.41 Å². The lowest BCUT2D eigenvalue weighted by atomic mass is 9.36. The number of aryl methyl sites for hydroxylation is 1. The molecule has 4 aliphatic rings. The maximum absolute atomic E-state index is 8.03. The van der Waals surface area contributed by atoms with Gasteiger partial charge in [-0.2, -0.15) is 0 Å². The van der Waals surface area contributed by atoms with Crippen LogP contribution in [0.4, 0.5) is 34.1 Å². The van der Waals surface area contributed by atoms with E-state index in [0.29, 0.717) is 5.56 Å². The predicted octanol–water partition coefficient (Wildman–Crippen LogP) is 11.6. The van der Waals surface area contributed by atoms with Crippen molar-refractivity contribution in [1.29, 1.82) is 0 Å². The molecule has 1 spiro atoms. The number of rotatable bonds is 2. The van der Waals surface area contributed by atoms with Crippen LogP contribution in [0, 0.1) is 6.85 Å². The number of thiophene rings is 1. The molecule has 0 unspecified atom stereocenters. The highest BCUT2D eigenvalue weighted by Crippen LogP contribution is 2.64. The third kappa shape index (κ3) is 3.73. The fraction of sp³-hybridized carbons (Fsp3) is 0.0385. The van der Waals surface area contributed by atoms with Gasteiger partial charge in [-0.15, -0.1) is 11.3 Å². The second-order valence-corrected chi connectivity index (χ2v) is 16.4. The van der Waals surface area contributed by atoms with Crippen molar-refractivity contribution in [1.82, 2.24) is 0 Å². The Bertz CT molecular complexity index is 3200. The summed E-state index contributed by atoms with van der Waals surface area (Å²) in [6.45, 7) is -2.18. The second kappa shape index (κ2) is 11.0. The molecule has 0 fully saturated rings. The van der Waals surface area contributed by atoms with Gasteiger partial charge in [-0.3, -0.25) is 0 Å². The van der Waals surface area contributed by atoms with Gasteiger partial charge in [0.15, 0.2) is 0 Å². The third-order valence-corrected chi connectivity index (χ3v) is 14.0. The van der Waals surface area contributed by atoms with Gasteiger partial charge in [-0.1, -0.05) is 133 Å². The predicted molar refractivity (Wildman–Crippen MR) is 237 cm³/mol. The van der Waals surface area contributed by atoms with Crippen LogP contribution in [0.3, 0.4) is 0 Å². The van der Waals surface area contributed by atoms with Gasteiger partial charge in [0.25, 0.3) is 6.71 Å². The number of anilines is 6. The molecular formula is C52H33BN2S. The summed E-state index contributed by atoms with van der Waals surface area (Å²) in [5, 5.41) is 1.26. The number of benzene rings is 8. The Kier molecular flexibility index (Phi) is 5.48. The average Bonchev–Trinajstić information content (AvgIpc) is 3.89. The van der Waals surface area contributed by atoms with E-state index in [1.54, 1.807) is 12.1 Å². The standard InChI is InChI=1S/C52H33BN2S/c1-32-26-28-34(29-27-32)54-45-23-12-11-22-44(45)53-49-46(54)24-13-25-47(49)55(33-14-3-2-4-15-33)50-39-30-38-37-18-7-10-21-42(37)52(43(38)31-48(39)56-51(50)53)40-19-8-5-16-35(40)36-17-6-9-20-41(36)52/h2-31H,1H3/i1D3. The van der Waals surface area contributed by atoms with Crippen LogP contribution in [0.2, 0.25) is 0 Å². The normalized spacial score (nSPS) is 15.6. The summed E-state index contributed by atoms with van der Waals surface area (Å²) >= 11 is 1.93. The summed E-state index contributed by atoms with van der Waals surface area (Å²) in [6.07, 6.45) is 0. The molecule has 0 amide bonds. The minimum absolute atomic E-state index is 0.00770. The van der Waals surface area contributed by atoms with Crippen molar-refractivity contribution in [2.75, 3.05) is 9.80 Å². The molecule has 0 N–H and O–H groups in total. The lowest BCUT2D eigenvalue weighted by Gasteiger charge is -2.43. The van der Waals surface area contributed by atoms with E-state index in [2.05, 4.69) is 168 Å². The van der Waals surface area contributed by atoms with Gasteiger partial charge < -0.3 is 9.80 Å². The van der Waals surface area contributed by atoms with Crippen molar-refractivity contribution in [3.63, 3.8) is 0 Å². The van der Waals surface area contributed by atoms with Crippen molar-refractivity contribution in [2.24, 2.45) is 0 Å². The first kappa shape index (κ1) is 27.9. The summed E-state index contributed by atoms with van der Waals surface area (Å²) in [6, 6.07) is 65.8. The van der Waals surface area contributed by atoms with E-state index in [9.17, 15) is 0 Å². The molecule has 9 aromatic rings. The summed E-state index contributed by atoms with van der Waals surface area (Å²) in [5.41, 5.74) is 19.7. The SMILES string of the molecule is [2H]C([2H])([2H])c1ccc(N2c3ccccc3B3c4sc5cc6c(cc5c4N(c4ccccc4)c4cccc2c43)-c2ccccc2C62c3ccccc3-c3ccccc32)cc1. The monoisotopic (exact) mass is 731 g/mol. The lowest BCUT2D eigenvalue weighted by molar-refractivity contribution is 0.795. The smallest absolute Gasteiger partial charge is 0.264 e. The zero-order chi connectivity index (χ0) is 39.2. The Morgan fingerprint density at radius 2 is 1.07 bits per heavy atom. The molecule has 0 radical (unpaired) electrons. The zero-order valence-electron chi connectivity index (χ0n) is 33.2. The van der Waals surface area contributed by atoms with E-state index < -0.39 is 12.3 Å². The first-order valence-electron chi connectivity index (χ1n) is 20.8. The van der Waals surface area contributed by atoms with Gasteiger partial charge in [0.1, 0.15) is 0 Å². The van der Waals surface area contributed by atoms with Crippen molar-refractivity contribution < 1.29 is 4.11 Å². The summed E-state index contributed by atoms with van der Waals surface area (Å²) in [4.78, 5) is 4.82. The highest BCUT2D eigenvalue weighted by Gasteiger charge is 2.52. The van der Waals surface area contributed by atoms with E-state index >= 15 is 0 Å². The van der Waals surface area contributed by atoms with Gasteiger partial charge in [-0.05, 0) is 117 Å². The quantitative estimate of drug-likeness (QED) is 0.163. The lowest BCUT2D eigenvalue weighted by Crippen LogP contribution is -2.60. The topological polar surface area (TPSA) is 6.48 Å². The zero-order valence-corrected chi connectivity index (χ0v) is 31.0. The van der Waals surface area contributed by atoms with E-state index in [1.807, 2.05) is 23.5 Å². The largest absolute Gasteiger partial charge is 0.311 e. The number of nitrogens with zero attached hydrogens (tertiary/aromatic N) is 2. The minimum Gasteiger partial charge on any atom is -0.311 e. The van der Waals surface area contributed by atoms with Gasteiger partial charge in [0, 0.05) is 47.4 Å². The fourth-order valence-electron chi connectivity index (χ4n) is 10.7. The summed E-state index contributed by atoms with van der Waals surface area (Å²) in [7, 11) is 0. The molecule has 0 bridgehead atoms. The Morgan fingerprint density at radius 1 is 0.500 bits per heavy atom. The average molecular weight is 732 g/mol. The van der Waals surface area contributed by atoms with Crippen LogP contribution in [0.15, 0.2) is 182 Å². The molecular weight excluding hydrogens is 695 g/mol. The van der Waals surface area contributed by atoms with Gasteiger partial charge >= 0.3 is 0 Å². The van der Waals surface area contributed by atoms with Crippen molar-refractivity contribution in [2.45, 2.75) is 12.3 Å². The second-order valence-electron chi connectivity index (χ2n) is 15.4. The van der Waals surface area contributed by atoms with Crippen LogP contribution in [0.5, 0.6) is 0 Å². The number of hydrogen-bond acceptors (Lipinski definition) is 3. The Labute approximate surface area is 334 Å². The van der Waals surface area contributed by atoms with Crippen molar-refractivity contribution >= 4 is 78.0 Å². The molecule has 2 aliphatic carbocycles. The van der Waals surface area contributed by atoms with Crippen molar-refractivity contribution in [3.05, 3.63) is 210 Å². The maximum atomic E-state index is 8.03. The van der Waals surface area contributed by atoms with Crippen LogP contribution in [0.1, 0.15) is 31.9 Å². The van der Waals surface area contributed by atoms with Crippen LogP contribution < -0.4 is 25.5 Å². The molecule has 8 aromatic carbocycles. The number of hydrogen-bond donors (Lipinski definition) is 0. The van der Waals surface area contributed by atoms with Crippen LogP contribution >= 0.6 is 11.3 Å². The Balaban J connectivity index is 1.11. The first-order chi connectivity index (χ1) is 28.9. The van der Waals surface area contributed by atoms with Gasteiger partial charge in [0.2, 0.25) is 0 Å². The molecule has 1 aromatic heterocycles. The molecule has 4 heteroatoms. The Morgan fingerprint density at radius 3 is 1.77 bits per heavy atom. The molecule has 0 atom stereocenters. The molecule has 260 valence electrons. The molecule has 0 saturated carbocycles. The molecule has 13 rings (SSSR count). The van der Waals surface area contributed by atoms with E-state index in [4.69, 9.17) is 4.11 Å². The molecule has 3 heterocycles. The minimum atomic E-state index is -2.17. The summed E-state index contributed by atoms with van der Waals surface area (Å²) < 4.78 is 26.7. The number of fused-ring (bicyclic) bond motifs is 16.